The molecule has 5 rings (SSSR count). The van der Waals surface area contributed by atoms with Crippen LogP contribution in [0.2, 0.25) is 0 Å². The molecule has 0 fully saturated rings. The highest BCUT2D eigenvalue weighted by molar-refractivity contribution is 6.07. The van der Waals surface area contributed by atoms with Crippen molar-refractivity contribution >= 4 is 28.4 Å². The Kier molecular flexibility index (Phi) is 3.60. The highest BCUT2D eigenvalue weighted by atomic mass is 16.2. The van der Waals surface area contributed by atoms with Crippen LogP contribution in [-0.4, -0.2) is 27.8 Å². The molecular formula is C21H17N5O. The summed E-state index contributed by atoms with van der Waals surface area (Å²) in [6, 6.07) is 17.4. The number of para-hydroxylation sites is 2. The molecule has 0 unspecified atom stereocenters. The zero-order valence-electron chi connectivity index (χ0n) is 14.5. The first kappa shape index (κ1) is 15.6. The lowest BCUT2D eigenvalue weighted by Crippen LogP contribution is -2.36. The number of hydrogen-bond donors (Lipinski definition) is 2. The van der Waals surface area contributed by atoms with Crippen LogP contribution in [0.1, 0.15) is 5.56 Å². The van der Waals surface area contributed by atoms with Crippen molar-refractivity contribution in [2.45, 2.75) is 6.42 Å². The van der Waals surface area contributed by atoms with Crippen LogP contribution in [0.4, 0.5) is 16.2 Å². The van der Waals surface area contributed by atoms with Gasteiger partial charge in [0.05, 0.1) is 11.9 Å². The van der Waals surface area contributed by atoms with E-state index < -0.39 is 0 Å². The molecule has 2 amide bonds. The minimum Gasteiger partial charge on any atom is -0.308 e. The van der Waals surface area contributed by atoms with Gasteiger partial charge in [-0.25, -0.2) is 9.78 Å². The van der Waals surface area contributed by atoms with E-state index in [4.69, 9.17) is 0 Å². The summed E-state index contributed by atoms with van der Waals surface area (Å²) in [6.07, 6.45) is 4.41. The third-order valence-electron chi connectivity index (χ3n) is 4.90. The fourth-order valence-corrected chi connectivity index (χ4v) is 3.64. The van der Waals surface area contributed by atoms with Gasteiger partial charge in [-0.2, -0.15) is 5.10 Å². The van der Waals surface area contributed by atoms with E-state index in [0.717, 1.165) is 45.5 Å². The van der Waals surface area contributed by atoms with E-state index in [1.54, 1.807) is 11.1 Å². The number of amides is 2. The number of nitrogens with one attached hydrogen (secondary N) is 2. The van der Waals surface area contributed by atoms with Gasteiger partial charge < -0.3 is 5.32 Å². The normalized spacial score (nSPS) is 13.0. The zero-order valence-corrected chi connectivity index (χ0v) is 14.5. The Morgan fingerprint density at radius 1 is 1.04 bits per heavy atom. The SMILES string of the molecule is O=C(Nc1ccccc1)N1CCc2cnc3[nH]ncc3c2-c2ccccc21. The second-order valence-corrected chi connectivity index (χ2v) is 6.51. The predicted molar refractivity (Wildman–Crippen MR) is 106 cm³/mol. The molecule has 3 heterocycles. The number of nitrogens with zero attached hydrogens (tertiary/aromatic N) is 3. The van der Waals surface area contributed by atoms with Crippen LogP contribution >= 0.6 is 0 Å². The maximum absolute atomic E-state index is 13.0. The molecule has 0 saturated carbocycles. The van der Waals surface area contributed by atoms with E-state index in [-0.39, 0.29) is 6.03 Å². The van der Waals surface area contributed by atoms with Gasteiger partial charge in [0.2, 0.25) is 0 Å². The van der Waals surface area contributed by atoms with Gasteiger partial charge >= 0.3 is 6.03 Å². The Bertz CT molecular complexity index is 1140. The fraction of sp³-hybridized carbons (Fsp3) is 0.0952. The molecule has 0 radical (unpaired) electrons. The van der Waals surface area contributed by atoms with E-state index in [1.807, 2.05) is 54.7 Å². The minimum atomic E-state index is -0.141. The van der Waals surface area contributed by atoms with Gasteiger partial charge in [0.25, 0.3) is 0 Å². The number of rotatable bonds is 1. The molecule has 1 aliphatic heterocycles. The van der Waals surface area contributed by atoms with Crippen molar-refractivity contribution in [2.24, 2.45) is 0 Å². The van der Waals surface area contributed by atoms with Gasteiger partial charge in [-0.1, -0.05) is 36.4 Å². The smallest absolute Gasteiger partial charge is 0.308 e. The second-order valence-electron chi connectivity index (χ2n) is 6.51. The number of aromatic nitrogens is 3. The number of H-pyrrole nitrogens is 1. The fourth-order valence-electron chi connectivity index (χ4n) is 3.64. The van der Waals surface area contributed by atoms with Crippen molar-refractivity contribution in [2.75, 3.05) is 16.8 Å². The Balaban J connectivity index is 1.61. The van der Waals surface area contributed by atoms with Crippen LogP contribution in [0, 0.1) is 0 Å². The summed E-state index contributed by atoms with van der Waals surface area (Å²) < 4.78 is 0. The molecule has 132 valence electrons. The largest absolute Gasteiger partial charge is 0.326 e. The summed E-state index contributed by atoms with van der Waals surface area (Å²) in [5.74, 6) is 0. The molecule has 1 aliphatic rings. The molecular weight excluding hydrogens is 338 g/mol. The Morgan fingerprint density at radius 2 is 1.85 bits per heavy atom. The quantitative estimate of drug-likeness (QED) is 0.537. The van der Waals surface area contributed by atoms with Crippen molar-refractivity contribution in [1.29, 1.82) is 0 Å². The molecule has 0 spiro atoms. The topological polar surface area (TPSA) is 73.9 Å². The van der Waals surface area contributed by atoms with Crippen LogP contribution in [0.15, 0.2) is 67.0 Å². The molecule has 4 aromatic rings. The van der Waals surface area contributed by atoms with Crippen LogP contribution in [0.3, 0.4) is 0 Å². The number of benzene rings is 2. The molecule has 27 heavy (non-hydrogen) atoms. The van der Waals surface area contributed by atoms with Crippen LogP contribution in [0.5, 0.6) is 0 Å². The van der Waals surface area contributed by atoms with E-state index in [9.17, 15) is 4.79 Å². The first-order chi connectivity index (χ1) is 13.3. The predicted octanol–water partition coefficient (Wildman–Crippen LogP) is 4.22. The van der Waals surface area contributed by atoms with Crippen molar-refractivity contribution in [3.63, 3.8) is 0 Å². The lowest BCUT2D eigenvalue weighted by atomic mass is 9.97. The standard InChI is InChI=1S/C21H17N5O/c27-21(24-15-6-2-1-3-7-15)26-11-10-14-12-22-20-17(13-23-25-20)19(14)16-8-4-5-9-18(16)26/h1-9,12-13H,10-11H2,(H,24,27)(H,22,23,25). The number of anilines is 2. The third kappa shape index (κ3) is 2.62. The first-order valence-electron chi connectivity index (χ1n) is 8.85. The first-order valence-corrected chi connectivity index (χ1v) is 8.85. The molecule has 0 bridgehead atoms. The monoisotopic (exact) mass is 355 g/mol. The number of urea groups is 1. The van der Waals surface area contributed by atoms with Gasteiger partial charge in [-0.3, -0.25) is 10.00 Å². The summed E-state index contributed by atoms with van der Waals surface area (Å²) in [6.45, 7) is 0.577. The summed E-state index contributed by atoms with van der Waals surface area (Å²) in [5, 5.41) is 11.0. The van der Waals surface area contributed by atoms with E-state index >= 15 is 0 Å². The van der Waals surface area contributed by atoms with Gasteiger partial charge in [-0.15, -0.1) is 0 Å². The van der Waals surface area contributed by atoms with Gasteiger partial charge in [0.15, 0.2) is 5.65 Å². The van der Waals surface area contributed by atoms with Crippen LogP contribution < -0.4 is 10.2 Å². The number of carbonyl (C=O) groups is 1. The molecule has 2 aromatic carbocycles. The summed E-state index contributed by atoms with van der Waals surface area (Å²) in [4.78, 5) is 19.3. The third-order valence-corrected chi connectivity index (χ3v) is 4.90. The highest BCUT2D eigenvalue weighted by Gasteiger charge is 2.26. The summed E-state index contributed by atoms with van der Waals surface area (Å²) >= 11 is 0. The number of hydrogen-bond acceptors (Lipinski definition) is 3. The average molecular weight is 355 g/mol. The lowest BCUT2D eigenvalue weighted by molar-refractivity contribution is 0.257. The number of carbonyl (C=O) groups excluding carboxylic acids is 1. The Morgan fingerprint density at radius 3 is 2.74 bits per heavy atom. The lowest BCUT2D eigenvalue weighted by Gasteiger charge is -2.23. The molecule has 2 N–H and O–H groups in total. The number of pyridine rings is 1. The van der Waals surface area contributed by atoms with Gasteiger partial charge in [0, 0.05) is 34.9 Å². The summed E-state index contributed by atoms with van der Waals surface area (Å²) in [5.41, 5.74) is 5.65. The van der Waals surface area contributed by atoms with Crippen LogP contribution in [0.25, 0.3) is 22.2 Å². The van der Waals surface area contributed by atoms with Crippen LogP contribution in [-0.2, 0) is 6.42 Å². The van der Waals surface area contributed by atoms with Crippen molar-refractivity contribution < 1.29 is 4.79 Å². The minimum absolute atomic E-state index is 0.141. The van der Waals surface area contributed by atoms with Gasteiger partial charge in [0.1, 0.15) is 0 Å². The Hall–Kier alpha value is -3.67. The Labute approximate surface area is 155 Å². The molecule has 0 atom stereocenters. The van der Waals surface area contributed by atoms with E-state index in [1.165, 1.54) is 0 Å². The average Bonchev–Trinajstić information content (AvgIpc) is 3.11. The van der Waals surface area contributed by atoms with Crippen molar-refractivity contribution in [3.8, 4) is 11.1 Å². The molecule has 2 aromatic heterocycles. The zero-order chi connectivity index (χ0) is 18.2. The number of aromatic amines is 1. The molecule has 0 aliphatic carbocycles. The van der Waals surface area contributed by atoms with Crippen molar-refractivity contribution in [3.05, 3.63) is 72.6 Å². The number of fused-ring (bicyclic) bond motifs is 5. The molecule has 6 heteroatoms. The van der Waals surface area contributed by atoms with E-state index in [0.29, 0.717) is 6.54 Å². The van der Waals surface area contributed by atoms with Crippen molar-refractivity contribution in [1.82, 2.24) is 15.2 Å². The maximum Gasteiger partial charge on any atom is 0.326 e. The maximum atomic E-state index is 13.0. The van der Waals surface area contributed by atoms with E-state index in [2.05, 4.69) is 26.6 Å². The molecule has 6 nitrogen and oxygen atoms in total. The summed E-state index contributed by atoms with van der Waals surface area (Å²) in [7, 11) is 0. The molecule has 0 saturated heterocycles. The second kappa shape index (κ2) is 6.25. The van der Waals surface area contributed by atoms with Gasteiger partial charge in [-0.05, 0) is 30.2 Å². The highest BCUT2D eigenvalue weighted by Crippen LogP contribution is 2.39.